The third-order valence-electron chi connectivity index (χ3n) is 7.18. The maximum absolute atomic E-state index is 12.9. The van der Waals surface area contributed by atoms with E-state index in [9.17, 15) is 22.6 Å². The van der Waals surface area contributed by atoms with Crippen molar-refractivity contribution >= 4 is 64.6 Å². The molecule has 0 amide bonds. The van der Waals surface area contributed by atoms with Crippen LogP contribution in [0.1, 0.15) is 5.56 Å². The fourth-order valence-corrected chi connectivity index (χ4v) is 8.19. The highest BCUT2D eigenvalue weighted by Crippen LogP contribution is 2.38. The molecule has 0 saturated carbocycles. The van der Waals surface area contributed by atoms with Crippen molar-refractivity contribution in [1.82, 2.24) is 9.97 Å². The van der Waals surface area contributed by atoms with E-state index >= 15 is 0 Å². The number of anilines is 2. The Morgan fingerprint density at radius 3 is 2.15 bits per heavy atom. The highest BCUT2D eigenvalue weighted by Gasteiger charge is 2.21. The van der Waals surface area contributed by atoms with Gasteiger partial charge in [0.05, 0.1) is 31.8 Å². The summed E-state index contributed by atoms with van der Waals surface area (Å²) in [5.74, 6) is 0. The van der Waals surface area contributed by atoms with Gasteiger partial charge in [-0.15, -0.1) is 22.7 Å². The molecule has 0 radical (unpaired) electrons. The quantitative estimate of drug-likeness (QED) is 0.151. The highest BCUT2D eigenvalue weighted by molar-refractivity contribution is 7.86. The Labute approximate surface area is 274 Å². The summed E-state index contributed by atoms with van der Waals surface area (Å²) in [5.41, 5.74) is 9.19. The van der Waals surface area contributed by atoms with Gasteiger partial charge >= 0.3 is 0 Å². The van der Waals surface area contributed by atoms with E-state index in [-0.39, 0.29) is 15.6 Å². The van der Waals surface area contributed by atoms with Crippen LogP contribution in [0.3, 0.4) is 0 Å². The van der Waals surface area contributed by atoms with Gasteiger partial charge in [-0.2, -0.15) is 18.6 Å². The minimum Gasteiger partial charge on any atom is -0.287 e. The van der Waals surface area contributed by atoms with Crippen molar-refractivity contribution in [1.29, 1.82) is 0 Å². The minimum absolute atomic E-state index is 0.0433. The molecule has 0 saturated heterocycles. The molecule has 0 fully saturated rings. The maximum atomic E-state index is 12.9. The van der Waals surface area contributed by atoms with Gasteiger partial charge in [0.15, 0.2) is 5.36 Å². The van der Waals surface area contributed by atoms with Crippen LogP contribution in [-0.2, 0) is 10.1 Å². The third-order valence-corrected chi connectivity index (χ3v) is 10.6. The lowest BCUT2D eigenvalue weighted by atomic mass is 10.2. The molecule has 0 atom stereocenters. The molecule has 0 aliphatic heterocycles. The van der Waals surface area contributed by atoms with Gasteiger partial charge in [0.1, 0.15) is 20.3 Å². The summed E-state index contributed by atoms with van der Waals surface area (Å²) < 4.78 is 35.2. The van der Waals surface area contributed by atoms with Crippen molar-refractivity contribution in [3.05, 3.63) is 134 Å². The van der Waals surface area contributed by atoms with Crippen molar-refractivity contribution < 1.29 is 13.0 Å². The smallest absolute Gasteiger partial charge is 0.287 e. The summed E-state index contributed by atoms with van der Waals surface area (Å²) in [6.45, 7) is 1.64. The first kappa shape index (κ1) is 30.3. The molecule has 7 rings (SSSR count). The summed E-state index contributed by atoms with van der Waals surface area (Å²) in [5, 5.41) is 9.40. The number of benzene rings is 5. The van der Waals surface area contributed by atoms with E-state index in [2.05, 4.69) is 26.0 Å². The van der Waals surface area contributed by atoms with Gasteiger partial charge in [-0.25, -0.2) is 9.97 Å². The van der Waals surface area contributed by atoms with E-state index in [4.69, 9.17) is 4.98 Å². The molecule has 7 aromatic rings. The first-order valence-corrected chi connectivity index (χ1v) is 17.1. The fourth-order valence-electron chi connectivity index (χ4n) is 4.87. The van der Waals surface area contributed by atoms with Crippen molar-refractivity contribution in [3.8, 4) is 21.1 Å². The van der Waals surface area contributed by atoms with Crippen molar-refractivity contribution in [2.45, 2.75) is 11.8 Å². The second kappa shape index (κ2) is 12.1. The molecule has 14 heteroatoms. The number of para-hydroxylation sites is 1. The number of hydrogen-bond donors (Lipinski definition) is 3. The zero-order chi connectivity index (χ0) is 32.7. The van der Waals surface area contributed by atoms with Crippen LogP contribution in [-0.4, -0.2) is 22.9 Å². The Balaban J connectivity index is 1.13. The Morgan fingerprint density at radius 2 is 1.38 bits per heavy atom. The zero-order valence-corrected chi connectivity index (χ0v) is 26.8. The molecule has 2 aromatic heterocycles. The van der Waals surface area contributed by atoms with Crippen molar-refractivity contribution in [2.24, 2.45) is 10.2 Å². The van der Waals surface area contributed by atoms with E-state index in [0.717, 1.165) is 26.4 Å². The van der Waals surface area contributed by atoms with Crippen LogP contribution in [0.2, 0.25) is 0 Å². The predicted octanol–water partition coefficient (Wildman–Crippen LogP) is 5.25. The first-order chi connectivity index (χ1) is 22.6. The Morgan fingerprint density at radius 1 is 0.723 bits per heavy atom. The van der Waals surface area contributed by atoms with Crippen LogP contribution in [0.5, 0.6) is 0 Å². The standard InChI is InChI=1S/C33H22N6O5S3/c1-18-7-13-25-30(31(18)47(42,43)44)46-33(35-25)20-10-14-23-27(17-20)45-32(34-23)19-8-11-22(12-9-19)36-38-24-15-16-26(40)28(29(24)41)39-37-21-5-3-2-4-6-21/h2-17,36-37H,1H3,(H,42,43,44). The maximum Gasteiger partial charge on any atom is 0.296 e. The summed E-state index contributed by atoms with van der Waals surface area (Å²) in [6, 6.07) is 28.1. The zero-order valence-electron chi connectivity index (χ0n) is 24.3. The molecule has 0 spiro atoms. The van der Waals surface area contributed by atoms with Crippen LogP contribution in [0.4, 0.5) is 11.4 Å². The molecule has 2 heterocycles. The fraction of sp³-hybridized carbons (Fsp3) is 0.0303. The number of nitrogens with one attached hydrogen (secondary N) is 2. The summed E-state index contributed by atoms with van der Waals surface area (Å²) in [7, 11) is -4.41. The molecule has 3 N–H and O–H groups in total. The molecule has 0 bridgehead atoms. The lowest BCUT2D eigenvalue weighted by Crippen LogP contribution is -2.47. The van der Waals surface area contributed by atoms with Crippen LogP contribution in [0.25, 0.3) is 41.6 Å². The van der Waals surface area contributed by atoms with Gasteiger partial charge in [-0.1, -0.05) is 24.3 Å². The molecular formula is C33H22N6O5S3. The van der Waals surface area contributed by atoms with E-state index in [0.29, 0.717) is 32.2 Å². The summed E-state index contributed by atoms with van der Waals surface area (Å²) in [6.07, 6.45) is 0. The molecular weight excluding hydrogens is 657 g/mol. The van der Waals surface area contributed by atoms with Gasteiger partial charge in [-0.3, -0.25) is 25.0 Å². The van der Waals surface area contributed by atoms with E-state index in [1.165, 1.54) is 34.8 Å². The van der Waals surface area contributed by atoms with Gasteiger partial charge < -0.3 is 0 Å². The topological polar surface area (TPSA) is 163 Å². The summed E-state index contributed by atoms with van der Waals surface area (Å²) in [4.78, 5) is 34.4. The van der Waals surface area contributed by atoms with E-state index in [1.807, 2.05) is 48.5 Å². The Bertz CT molecular complexity index is 2660. The molecule has 47 heavy (non-hydrogen) atoms. The molecule has 5 aromatic carbocycles. The normalized spacial score (nSPS) is 12.6. The molecule has 0 aliphatic rings. The van der Waals surface area contributed by atoms with Gasteiger partial charge in [0, 0.05) is 11.1 Å². The molecule has 232 valence electrons. The van der Waals surface area contributed by atoms with E-state index < -0.39 is 21.0 Å². The third kappa shape index (κ3) is 6.09. The number of rotatable bonds is 7. The number of aryl methyl sites for hydroxylation is 1. The van der Waals surface area contributed by atoms with Gasteiger partial charge in [0.2, 0.25) is 10.9 Å². The second-order valence-electron chi connectivity index (χ2n) is 10.4. The lowest BCUT2D eigenvalue weighted by molar-refractivity contribution is 0.483. The van der Waals surface area contributed by atoms with E-state index in [1.54, 1.807) is 43.3 Å². The van der Waals surface area contributed by atoms with Crippen LogP contribution >= 0.6 is 22.7 Å². The van der Waals surface area contributed by atoms with Crippen LogP contribution in [0, 0.1) is 6.92 Å². The first-order valence-electron chi connectivity index (χ1n) is 14.0. The largest absolute Gasteiger partial charge is 0.296 e. The Kier molecular flexibility index (Phi) is 7.77. The van der Waals surface area contributed by atoms with Crippen LogP contribution < -0.4 is 32.4 Å². The number of fused-ring (bicyclic) bond motifs is 2. The van der Waals surface area contributed by atoms with Gasteiger partial charge in [0.25, 0.3) is 10.1 Å². The highest BCUT2D eigenvalue weighted by atomic mass is 32.2. The number of nitrogens with zero attached hydrogens (tertiary/aromatic N) is 4. The van der Waals surface area contributed by atoms with Crippen molar-refractivity contribution in [2.75, 3.05) is 10.9 Å². The van der Waals surface area contributed by atoms with Crippen molar-refractivity contribution in [3.63, 3.8) is 0 Å². The minimum atomic E-state index is -4.41. The second-order valence-corrected chi connectivity index (χ2v) is 13.8. The lowest BCUT2D eigenvalue weighted by Gasteiger charge is -2.02. The monoisotopic (exact) mass is 678 g/mol. The number of aromatic nitrogens is 2. The number of hydrogen-bond acceptors (Lipinski definition) is 12. The summed E-state index contributed by atoms with van der Waals surface area (Å²) >= 11 is 2.71. The molecule has 11 nitrogen and oxygen atoms in total. The SMILES string of the molecule is Cc1ccc2nc(-c3ccc4nc(-c5ccc(NN=c6ccc(=O)c(=NNc7ccccc7)c6=O)cc5)sc4c3)sc2c1S(=O)(=O)O. The van der Waals surface area contributed by atoms with Crippen LogP contribution in [0.15, 0.2) is 122 Å². The molecule has 0 aliphatic carbocycles. The Hall–Kier alpha value is -5.41. The predicted molar refractivity (Wildman–Crippen MR) is 184 cm³/mol. The van der Waals surface area contributed by atoms with Gasteiger partial charge in [-0.05, 0) is 85.3 Å². The molecule has 0 unspecified atom stereocenters. The average molecular weight is 679 g/mol. The number of thiazole rings is 2. The average Bonchev–Trinajstić information content (AvgIpc) is 3.68.